The van der Waals surface area contributed by atoms with Crippen molar-refractivity contribution in [3.05, 3.63) is 71.4 Å². The highest BCUT2D eigenvalue weighted by atomic mass is 16.6. The number of esters is 1. The van der Waals surface area contributed by atoms with Crippen molar-refractivity contribution >= 4 is 12.1 Å². The molecule has 1 aliphatic rings. The van der Waals surface area contributed by atoms with Gasteiger partial charge in [-0.3, -0.25) is 4.79 Å². The molecule has 1 N–H and O–H groups in total. The maximum absolute atomic E-state index is 12.8. The molecular weight excluding hydrogens is 446 g/mol. The van der Waals surface area contributed by atoms with Crippen molar-refractivity contribution < 1.29 is 23.6 Å². The van der Waals surface area contributed by atoms with Crippen molar-refractivity contribution in [1.29, 1.82) is 0 Å². The fourth-order valence-corrected chi connectivity index (χ4v) is 4.16. The number of nitrogens with zero attached hydrogens (tertiary/aromatic N) is 2. The zero-order chi connectivity index (χ0) is 25.2. The Morgan fingerprint density at radius 3 is 2.17 bits per heavy atom. The standard InChI is InChI=1S/C27H31N3O5/c1-16(2)24-29-25(35-30-24)22(14-23(31)34-27(3,4)5)28-26(32)33-15-21-19-12-8-6-10-17(19)18-11-7-9-13-20(18)21/h6-13,16,21-22H,14-15H2,1-5H3,(H,28,32)/t22-/m0/s1. The minimum absolute atomic E-state index is 0.0316. The summed E-state index contributed by atoms with van der Waals surface area (Å²) in [6, 6.07) is 15.4. The van der Waals surface area contributed by atoms with Crippen LogP contribution >= 0.6 is 0 Å². The van der Waals surface area contributed by atoms with E-state index in [1.165, 1.54) is 0 Å². The van der Waals surface area contributed by atoms with E-state index in [0.717, 1.165) is 22.3 Å². The topological polar surface area (TPSA) is 104 Å². The number of ether oxygens (including phenoxy) is 2. The van der Waals surface area contributed by atoms with E-state index >= 15 is 0 Å². The van der Waals surface area contributed by atoms with E-state index < -0.39 is 23.7 Å². The Labute approximate surface area is 205 Å². The van der Waals surface area contributed by atoms with Crippen LogP contribution in [0.2, 0.25) is 0 Å². The summed E-state index contributed by atoms with van der Waals surface area (Å²) in [6.07, 6.45) is -0.842. The summed E-state index contributed by atoms with van der Waals surface area (Å²) >= 11 is 0. The molecule has 0 radical (unpaired) electrons. The molecule has 1 heterocycles. The Bertz CT molecular complexity index is 1170. The molecule has 1 aliphatic carbocycles. The first kappa shape index (κ1) is 24.4. The van der Waals surface area contributed by atoms with Crippen molar-refractivity contribution in [2.24, 2.45) is 0 Å². The maximum atomic E-state index is 12.8. The molecule has 1 aromatic heterocycles. The van der Waals surface area contributed by atoms with Gasteiger partial charge in [-0.1, -0.05) is 67.5 Å². The van der Waals surface area contributed by atoms with Crippen LogP contribution in [0.25, 0.3) is 11.1 Å². The zero-order valence-electron chi connectivity index (χ0n) is 20.7. The predicted octanol–water partition coefficient (Wildman–Crippen LogP) is 5.50. The number of carbonyl (C=O) groups excluding carboxylic acids is 2. The van der Waals surface area contributed by atoms with Crippen molar-refractivity contribution in [3.63, 3.8) is 0 Å². The van der Waals surface area contributed by atoms with Crippen molar-refractivity contribution in [3.8, 4) is 11.1 Å². The molecule has 1 atom stereocenters. The monoisotopic (exact) mass is 477 g/mol. The zero-order valence-corrected chi connectivity index (χ0v) is 20.7. The molecule has 0 fully saturated rings. The number of nitrogens with one attached hydrogen (secondary N) is 1. The van der Waals surface area contributed by atoms with Gasteiger partial charge in [0.1, 0.15) is 18.2 Å². The molecule has 8 heteroatoms. The molecule has 4 rings (SSSR count). The van der Waals surface area contributed by atoms with E-state index in [-0.39, 0.29) is 30.8 Å². The average Bonchev–Trinajstić information content (AvgIpc) is 3.40. The molecule has 0 aliphatic heterocycles. The highest BCUT2D eigenvalue weighted by Gasteiger charge is 2.31. The smallest absolute Gasteiger partial charge is 0.407 e. The lowest BCUT2D eigenvalue weighted by atomic mass is 9.98. The summed E-state index contributed by atoms with van der Waals surface area (Å²) in [6.45, 7) is 9.35. The number of hydrogen-bond donors (Lipinski definition) is 1. The molecular formula is C27H31N3O5. The fraction of sp³-hybridized carbons (Fsp3) is 0.407. The molecule has 0 saturated carbocycles. The molecule has 0 saturated heterocycles. The van der Waals surface area contributed by atoms with Gasteiger partial charge in [-0.2, -0.15) is 4.98 Å². The number of fused-ring (bicyclic) bond motifs is 3. The Hall–Kier alpha value is -3.68. The van der Waals surface area contributed by atoms with Gasteiger partial charge in [0, 0.05) is 11.8 Å². The second-order valence-corrected chi connectivity index (χ2v) is 9.96. The van der Waals surface area contributed by atoms with Gasteiger partial charge in [-0.05, 0) is 43.0 Å². The molecule has 3 aromatic rings. The number of rotatable bonds is 7. The summed E-state index contributed by atoms with van der Waals surface area (Å²) in [5.41, 5.74) is 3.86. The summed E-state index contributed by atoms with van der Waals surface area (Å²) in [4.78, 5) is 29.7. The third-order valence-electron chi connectivity index (χ3n) is 5.70. The maximum Gasteiger partial charge on any atom is 0.407 e. The Balaban J connectivity index is 1.47. The quantitative estimate of drug-likeness (QED) is 0.448. The highest BCUT2D eigenvalue weighted by molar-refractivity contribution is 5.79. The second kappa shape index (κ2) is 9.90. The molecule has 184 valence electrons. The van der Waals surface area contributed by atoms with Gasteiger partial charge < -0.3 is 19.3 Å². The third-order valence-corrected chi connectivity index (χ3v) is 5.70. The summed E-state index contributed by atoms with van der Waals surface area (Å²) < 4.78 is 16.4. The first-order valence-corrected chi connectivity index (χ1v) is 11.8. The molecule has 0 bridgehead atoms. The number of amides is 1. The summed E-state index contributed by atoms with van der Waals surface area (Å²) in [7, 11) is 0. The minimum atomic E-state index is -0.875. The predicted molar refractivity (Wildman–Crippen MR) is 130 cm³/mol. The first-order valence-electron chi connectivity index (χ1n) is 11.8. The van der Waals surface area contributed by atoms with Gasteiger partial charge in [0.25, 0.3) is 0 Å². The van der Waals surface area contributed by atoms with E-state index in [1.807, 2.05) is 38.1 Å². The Morgan fingerprint density at radius 2 is 1.63 bits per heavy atom. The van der Waals surface area contributed by atoms with Crippen LogP contribution < -0.4 is 5.32 Å². The van der Waals surface area contributed by atoms with Gasteiger partial charge in [0.2, 0.25) is 5.89 Å². The third kappa shape index (κ3) is 5.70. The lowest BCUT2D eigenvalue weighted by Crippen LogP contribution is -2.33. The summed E-state index contributed by atoms with van der Waals surface area (Å²) in [5.74, 6) is 0.0832. The molecule has 0 spiro atoms. The Morgan fingerprint density at radius 1 is 1.03 bits per heavy atom. The molecule has 35 heavy (non-hydrogen) atoms. The van der Waals surface area contributed by atoms with E-state index in [0.29, 0.717) is 5.82 Å². The Kier molecular flexibility index (Phi) is 6.91. The van der Waals surface area contributed by atoms with Crippen molar-refractivity contribution in [1.82, 2.24) is 15.5 Å². The summed E-state index contributed by atoms with van der Waals surface area (Å²) in [5, 5.41) is 6.67. The van der Waals surface area contributed by atoms with Crippen LogP contribution in [0.3, 0.4) is 0 Å². The van der Waals surface area contributed by atoms with Crippen LogP contribution in [0.4, 0.5) is 4.79 Å². The number of benzene rings is 2. The SMILES string of the molecule is CC(C)c1noc([C@H](CC(=O)OC(C)(C)C)NC(=O)OCC2c3ccccc3-c3ccccc32)n1. The lowest BCUT2D eigenvalue weighted by Gasteiger charge is -2.21. The van der Waals surface area contributed by atoms with Gasteiger partial charge in [0.15, 0.2) is 5.82 Å². The normalized spacial score (nSPS) is 13.8. The van der Waals surface area contributed by atoms with E-state index in [9.17, 15) is 9.59 Å². The van der Waals surface area contributed by atoms with Gasteiger partial charge in [-0.15, -0.1) is 0 Å². The molecule has 0 unspecified atom stereocenters. The van der Waals surface area contributed by atoms with Crippen molar-refractivity contribution in [2.45, 2.75) is 64.5 Å². The minimum Gasteiger partial charge on any atom is -0.460 e. The van der Waals surface area contributed by atoms with Gasteiger partial charge >= 0.3 is 12.1 Å². The molecule has 8 nitrogen and oxygen atoms in total. The number of carbonyl (C=O) groups is 2. The fourth-order valence-electron chi connectivity index (χ4n) is 4.16. The van der Waals surface area contributed by atoms with E-state index in [4.69, 9.17) is 14.0 Å². The van der Waals surface area contributed by atoms with Crippen LogP contribution in [0, 0.1) is 0 Å². The van der Waals surface area contributed by atoms with E-state index in [1.54, 1.807) is 20.8 Å². The van der Waals surface area contributed by atoms with Crippen molar-refractivity contribution in [2.75, 3.05) is 6.61 Å². The number of aromatic nitrogens is 2. The van der Waals surface area contributed by atoms with Crippen LogP contribution in [-0.2, 0) is 14.3 Å². The average molecular weight is 478 g/mol. The van der Waals surface area contributed by atoms with Crippen LogP contribution in [-0.4, -0.2) is 34.4 Å². The van der Waals surface area contributed by atoms with Gasteiger partial charge in [-0.25, -0.2) is 4.79 Å². The largest absolute Gasteiger partial charge is 0.460 e. The number of alkyl carbamates (subject to hydrolysis) is 1. The van der Waals surface area contributed by atoms with Crippen LogP contribution in [0.15, 0.2) is 53.1 Å². The first-order chi connectivity index (χ1) is 16.6. The second-order valence-electron chi connectivity index (χ2n) is 9.96. The molecule has 2 aromatic carbocycles. The lowest BCUT2D eigenvalue weighted by molar-refractivity contribution is -0.155. The van der Waals surface area contributed by atoms with E-state index in [2.05, 4.69) is 39.7 Å². The van der Waals surface area contributed by atoms with Crippen LogP contribution in [0.5, 0.6) is 0 Å². The highest BCUT2D eigenvalue weighted by Crippen LogP contribution is 2.44. The van der Waals surface area contributed by atoms with Gasteiger partial charge in [0.05, 0.1) is 6.42 Å². The number of hydrogen-bond acceptors (Lipinski definition) is 7. The van der Waals surface area contributed by atoms with Crippen LogP contribution in [0.1, 0.15) is 81.8 Å². The molecule has 1 amide bonds.